The van der Waals surface area contributed by atoms with E-state index in [1.807, 2.05) is 50.2 Å². The summed E-state index contributed by atoms with van der Waals surface area (Å²) in [7, 11) is 0. The van der Waals surface area contributed by atoms with Gasteiger partial charge in [0, 0.05) is 12.5 Å². The zero-order valence-electron chi connectivity index (χ0n) is 19.4. The molecule has 2 unspecified atom stereocenters. The van der Waals surface area contributed by atoms with Crippen molar-refractivity contribution in [3.05, 3.63) is 59.7 Å². The van der Waals surface area contributed by atoms with Crippen molar-refractivity contribution in [2.75, 3.05) is 26.4 Å². The van der Waals surface area contributed by atoms with Crippen LogP contribution in [0.15, 0.2) is 48.5 Å². The predicted octanol–water partition coefficient (Wildman–Crippen LogP) is 3.25. The van der Waals surface area contributed by atoms with Crippen molar-refractivity contribution in [3.8, 4) is 11.1 Å². The fraction of sp³-hybridized carbons (Fsp3) is 0.423. The topological polar surface area (TPSA) is 105 Å². The molecule has 34 heavy (non-hydrogen) atoms. The maximum Gasteiger partial charge on any atom is 0.407 e. The molecule has 1 saturated heterocycles. The fourth-order valence-electron chi connectivity index (χ4n) is 4.75. The standard InChI is InChI=1S/C26H30N2O6/c1-16(2)13-22(24(29)28-11-12-33-15-23(28)25(30)31)27-26(32)34-14-21-19-9-5-3-7-17(19)18-8-4-6-10-20(18)21/h3-10,16,21-23H,11-15H2,1-2H3,(H,27,32)(H,30,31). The summed E-state index contributed by atoms with van der Waals surface area (Å²) in [4.78, 5) is 38.9. The van der Waals surface area contributed by atoms with Crippen LogP contribution in [-0.4, -0.2) is 66.4 Å². The summed E-state index contributed by atoms with van der Waals surface area (Å²) in [5, 5.41) is 12.2. The molecule has 2 aromatic carbocycles. The third kappa shape index (κ3) is 4.92. The molecular weight excluding hydrogens is 436 g/mol. The van der Waals surface area contributed by atoms with Crippen LogP contribution in [0.1, 0.15) is 37.3 Å². The highest BCUT2D eigenvalue weighted by Gasteiger charge is 2.37. The number of carboxylic acid groups (broad SMARTS) is 1. The lowest BCUT2D eigenvalue weighted by molar-refractivity contribution is -0.159. The molecule has 0 bridgehead atoms. The van der Waals surface area contributed by atoms with E-state index in [2.05, 4.69) is 17.4 Å². The number of hydrogen-bond donors (Lipinski definition) is 2. The largest absolute Gasteiger partial charge is 0.480 e. The molecule has 8 heteroatoms. The smallest absolute Gasteiger partial charge is 0.407 e. The highest BCUT2D eigenvalue weighted by atomic mass is 16.5. The first kappa shape index (κ1) is 23.8. The highest BCUT2D eigenvalue weighted by molar-refractivity contribution is 5.89. The van der Waals surface area contributed by atoms with Crippen LogP contribution in [0.4, 0.5) is 4.79 Å². The number of hydrogen-bond acceptors (Lipinski definition) is 5. The Kier molecular flexibility index (Phi) is 7.17. The first-order chi connectivity index (χ1) is 16.4. The van der Waals surface area contributed by atoms with Crippen LogP contribution in [0.25, 0.3) is 11.1 Å². The van der Waals surface area contributed by atoms with Crippen molar-refractivity contribution in [2.24, 2.45) is 5.92 Å². The number of benzene rings is 2. The van der Waals surface area contributed by atoms with E-state index in [9.17, 15) is 19.5 Å². The zero-order valence-corrected chi connectivity index (χ0v) is 19.4. The number of ether oxygens (including phenoxy) is 2. The van der Waals surface area contributed by atoms with Gasteiger partial charge in [-0.3, -0.25) is 4.79 Å². The van der Waals surface area contributed by atoms with Gasteiger partial charge in [0.25, 0.3) is 0 Å². The molecule has 2 aliphatic rings. The van der Waals surface area contributed by atoms with Gasteiger partial charge in [0.05, 0.1) is 13.2 Å². The SMILES string of the molecule is CC(C)CC(NC(=O)OCC1c2ccccc2-c2ccccc21)C(=O)N1CCOCC1C(=O)O. The molecule has 1 heterocycles. The second-order valence-corrected chi connectivity index (χ2v) is 9.11. The maximum absolute atomic E-state index is 13.2. The summed E-state index contributed by atoms with van der Waals surface area (Å²) in [6.45, 7) is 4.37. The van der Waals surface area contributed by atoms with E-state index in [-0.39, 0.29) is 38.2 Å². The molecular formula is C26H30N2O6. The Labute approximate surface area is 198 Å². The third-order valence-corrected chi connectivity index (χ3v) is 6.34. The van der Waals surface area contributed by atoms with Crippen LogP contribution >= 0.6 is 0 Å². The number of aliphatic carboxylic acids is 1. The number of carboxylic acids is 1. The highest BCUT2D eigenvalue weighted by Crippen LogP contribution is 2.44. The minimum Gasteiger partial charge on any atom is -0.480 e. The van der Waals surface area contributed by atoms with Gasteiger partial charge in [-0.2, -0.15) is 0 Å². The van der Waals surface area contributed by atoms with Crippen LogP contribution < -0.4 is 5.32 Å². The van der Waals surface area contributed by atoms with Crippen LogP contribution in [-0.2, 0) is 19.1 Å². The van der Waals surface area contributed by atoms with Crippen LogP contribution in [0.5, 0.6) is 0 Å². The van der Waals surface area contributed by atoms with E-state index in [4.69, 9.17) is 9.47 Å². The molecule has 2 amide bonds. The van der Waals surface area contributed by atoms with Crippen LogP contribution in [0, 0.1) is 5.92 Å². The summed E-state index contributed by atoms with van der Waals surface area (Å²) in [6, 6.07) is 14.2. The maximum atomic E-state index is 13.2. The number of rotatable bonds is 7. The van der Waals surface area contributed by atoms with Crippen molar-refractivity contribution in [2.45, 2.75) is 38.3 Å². The minimum atomic E-state index is -1.13. The van der Waals surface area contributed by atoms with Crippen LogP contribution in [0.2, 0.25) is 0 Å². The number of carbonyl (C=O) groups excluding carboxylic acids is 2. The van der Waals surface area contributed by atoms with E-state index < -0.39 is 30.1 Å². The lowest BCUT2D eigenvalue weighted by Gasteiger charge is -2.35. The van der Waals surface area contributed by atoms with Crippen molar-refractivity contribution < 1.29 is 29.0 Å². The molecule has 1 fully saturated rings. The Morgan fingerprint density at radius 1 is 1.09 bits per heavy atom. The van der Waals surface area contributed by atoms with Crippen molar-refractivity contribution in [1.29, 1.82) is 0 Å². The molecule has 0 radical (unpaired) electrons. The number of fused-ring (bicyclic) bond motifs is 3. The predicted molar refractivity (Wildman–Crippen MR) is 125 cm³/mol. The van der Waals surface area contributed by atoms with Gasteiger partial charge < -0.3 is 24.8 Å². The monoisotopic (exact) mass is 466 g/mol. The average Bonchev–Trinajstić information content (AvgIpc) is 3.15. The summed E-state index contributed by atoms with van der Waals surface area (Å²) in [5.74, 6) is -1.55. The fourth-order valence-corrected chi connectivity index (χ4v) is 4.75. The Morgan fingerprint density at radius 3 is 2.29 bits per heavy atom. The van der Waals surface area contributed by atoms with Gasteiger partial charge in [-0.15, -0.1) is 0 Å². The van der Waals surface area contributed by atoms with Crippen molar-refractivity contribution in [1.82, 2.24) is 10.2 Å². The minimum absolute atomic E-state index is 0.0690. The number of amides is 2. The van der Waals surface area contributed by atoms with Gasteiger partial charge in [-0.1, -0.05) is 62.4 Å². The summed E-state index contributed by atoms with van der Waals surface area (Å²) in [5.41, 5.74) is 4.46. The second-order valence-electron chi connectivity index (χ2n) is 9.11. The molecule has 0 aromatic heterocycles. The number of alkyl carbamates (subject to hydrolysis) is 1. The van der Waals surface area contributed by atoms with Gasteiger partial charge in [-0.25, -0.2) is 9.59 Å². The molecule has 180 valence electrons. The third-order valence-electron chi connectivity index (χ3n) is 6.34. The Balaban J connectivity index is 1.45. The molecule has 2 N–H and O–H groups in total. The molecule has 0 saturated carbocycles. The van der Waals surface area contributed by atoms with Gasteiger partial charge in [-0.05, 0) is 34.6 Å². The normalized spacial score (nSPS) is 18.2. The summed E-state index contributed by atoms with van der Waals surface area (Å²) >= 11 is 0. The molecule has 8 nitrogen and oxygen atoms in total. The molecule has 1 aliphatic carbocycles. The van der Waals surface area contributed by atoms with Crippen LogP contribution in [0.3, 0.4) is 0 Å². The first-order valence-corrected chi connectivity index (χ1v) is 11.6. The molecule has 2 atom stereocenters. The van der Waals surface area contributed by atoms with Gasteiger partial charge >= 0.3 is 12.1 Å². The molecule has 4 rings (SSSR count). The quantitative estimate of drug-likeness (QED) is 0.649. The molecule has 1 aliphatic heterocycles. The Bertz CT molecular complexity index is 1020. The first-order valence-electron chi connectivity index (χ1n) is 11.6. The Morgan fingerprint density at radius 2 is 1.71 bits per heavy atom. The average molecular weight is 467 g/mol. The van der Waals surface area contributed by atoms with Gasteiger partial charge in [0.1, 0.15) is 12.6 Å². The number of carbonyl (C=O) groups is 3. The van der Waals surface area contributed by atoms with Crippen molar-refractivity contribution in [3.63, 3.8) is 0 Å². The van der Waals surface area contributed by atoms with E-state index in [1.54, 1.807) is 0 Å². The van der Waals surface area contributed by atoms with E-state index in [0.717, 1.165) is 22.3 Å². The molecule has 2 aromatic rings. The summed E-state index contributed by atoms with van der Waals surface area (Å²) < 4.78 is 10.8. The Hall–Kier alpha value is -3.39. The number of morpholine rings is 1. The second kappa shape index (κ2) is 10.3. The van der Waals surface area contributed by atoms with Crippen molar-refractivity contribution >= 4 is 18.0 Å². The molecule has 0 spiro atoms. The van der Waals surface area contributed by atoms with Gasteiger partial charge in [0.2, 0.25) is 5.91 Å². The lowest BCUT2D eigenvalue weighted by Crippen LogP contribution is -2.58. The zero-order chi connectivity index (χ0) is 24.2. The van der Waals surface area contributed by atoms with E-state index in [1.165, 1.54) is 4.90 Å². The number of nitrogens with zero attached hydrogens (tertiary/aromatic N) is 1. The number of nitrogens with one attached hydrogen (secondary N) is 1. The summed E-state index contributed by atoms with van der Waals surface area (Å²) in [6.07, 6.45) is -0.326. The lowest BCUT2D eigenvalue weighted by atomic mass is 9.98. The van der Waals surface area contributed by atoms with Gasteiger partial charge in [0.15, 0.2) is 6.04 Å². The van der Waals surface area contributed by atoms with E-state index >= 15 is 0 Å². The van der Waals surface area contributed by atoms with E-state index in [0.29, 0.717) is 6.42 Å².